The fourth-order valence-corrected chi connectivity index (χ4v) is 3.40. The third kappa shape index (κ3) is 4.90. The molecule has 23 heavy (non-hydrogen) atoms. The van der Waals surface area contributed by atoms with Crippen molar-refractivity contribution in [2.75, 3.05) is 26.3 Å². The zero-order valence-corrected chi connectivity index (χ0v) is 14.8. The molecule has 0 unspecified atom stereocenters. The molecular formula is C18H31N3O2. The van der Waals surface area contributed by atoms with E-state index in [9.17, 15) is 5.11 Å². The molecule has 0 aliphatic carbocycles. The van der Waals surface area contributed by atoms with Crippen LogP contribution in [0.2, 0.25) is 0 Å². The van der Waals surface area contributed by atoms with Crippen molar-refractivity contribution in [3.8, 4) is 0 Å². The Morgan fingerprint density at radius 3 is 2.83 bits per heavy atom. The van der Waals surface area contributed by atoms with Crippen LogP contribution in [0.1, 0.15) is 44.4 Å². The molecule has 2 rings (SSSR count). The number of likely N-dealkylation sites (tertiary alicyclic amines) is 1. The molecule has 1 aliphatic heterocycles. The lowest BCUT2D eigenvalue weighted by Gasteiger charge is -2.41. The number of piperidine rings is 1. The van der Waals surface area contributed by atoms with Gasteiger partial charge < -0.3 is 10.2 Å². The number of aromatic nitrogens is 2. The van der Waals surface area contributed by atoms with Crippen LogP contribution in [-0.4, -0.2) is 51.2 Å². The van der Waals surface area contributed by atoms with Crippen molar-refractivity contribution in [1.29, 1.82) is 0 Å². The number of rotatable bonds is 7. The molecule has 1 aromatic heterocycles. The maximum atomic E-state index is 9.97. The van der Waals surface area contributed by atoms with Crippen molar-refractivity contribution in [1.82, 2.24) is 14.7 Å². The van der Waals surface area contributed by atoms with Crippen molar-refractivity contribution in [2.45, 2.75) is 53.1 Å². The Morgan fingerprint density at radius 2 is 2.17 bits per heavy atom. The number of aliphatic hydroxyl groups is 2. The van der Waals surface area contributed by atoms with Gasteiger partial charge >= 0.3 is 0 Å². The van der Waals surface area contributed by atoms with Gasteiger partial charge in [0.25, 0.3) is 0 Å². The van der Waals surface area contributed by atoms with Gasteiger partial charge in [-0.3, -0.25) is 9.58 Å². The average Bonchev–Trinajstić information content (AvgIpc) is 2.86. The highest BCUT2D eigenvalue weighted by Gasteiger charge is 2.34. The summed E-state index contributed by atoms with van der Waals surface area (Å²) in [6.45, 7) is 10.0. The largest absolute Gasteiger partial charge is 0.396 e. The maximum absolute atomic E-state index is 9.97. The molecule has 2 N–H and O–H groups in total. The number of hydrogen-bond donors (Lipinski definition) is 2. The highest BCUT2D eigenvalue weighted by atomic mass is 16.3. The second-order valence-electron chi connectivity index (χ2n) is 7.18. The second kappa shape index (κ2) is 8.08. The van der Waals surface area contributed by atoms with Gasteiger partial charge in [-0.25, -0.2) is 0 Å². The molecule has 0 saturated carbocycles. The lowest BCUT2D eigenvalue weighted by atomic mass is 9.77. The Hall–Kier alpha value is -1.17. The van der Waals surface area contributed by atoms with Gasteiger partial charge in [0.2, 0.25) is 0 Å². The summed E-state index contributed by atoms with van der Waals surface area (Å²) in [5, 5.41) is 23.5. The topological polar surface area (TPSA) is 61.5 Å². The predicted molar refractivity (Wildman–Crippen MR) is 92.1 cm³/mol. The second-order valence-corrected chi connectivity index (χ2v) is 7.18. The summed E-state index contributed by atoms with van der Waals surface area (Å²) in [5.74, 6) is 0. The van der Waals surface area contributed by atoms with Gasteiger partial charge in [0.15, 0.2) is 0 Å². The quantitative estimate of drug-likeness (QED) is 0.755. The van der Waals surface area contributed by atoms with E-state index in [2.05, 4.69) is 29.9 Å². The van der Waals surface area contributed by atoms with E-state index >= 15 is 0 Å². The Labute approximate surface area is 139 Å². The fraction of sp³-hybridized carbons (Fsp3) is 0.722. The van der Waals surface area contributed by atoms with E-state index in [1.54, 1.807) is 0 Å². The summed E-state index contributed by atoms with van der Waals surface area (Å²) in [7, 11) is 0. The van der Waals surface area contributed by atoms with Crippen LogP contribution in [0, 0.1) is 12.3 Å². The Morgan fingerprint density at radius 1 is 1.39 bits per heavy atom. The highest BCUT2D eigenvalue weighted by Crippen LogP contribution is 2.34. The molecule has 5 nitrogen and oxygen atoms in total. The fourth-order valence-electron chi connectivity index (χ4n) is 3.40. The van der Waals surface area contributed by atoms with Gasteiger partial charge in [-0.2, -0.15) is 5.10 Å². The van der Waals surface area contributed by atoms with Gasteiger partial charge in [0.1, 0.15) is 0 Å². The van der Waals surface area contributed by atoms with Gasteiger partial charge in [-0.1, -0.05) is 11.6 Å². The zero-order valence-electron chi connectivity index (χ0n) is 14.8. The molecule has 0 amide bonds. The first-order valence-electron chi connectivity index (χ1n) is 8.58. The summed E-state index contributed by atoms with van der Waals surface area (Å²) < 4.78 is 1.82. The molecule has 0 bridgehead atoms. The van der Waals surface area contributed by atoms with Crippen LogP contribution < -0.4 is 0 Å². The molecule has 2 heterocycles. The first-order valence-corrected chi connectivity index (χ1v) is 8.58. The predicted octanol–water partition coefficient (Wildman–Crippen LogP) is 2.11. The van der Waals surface area contributed by atoms with Crippen LogP contribution in [0.25, 0.3) is 0 Å². The maximum Gasteiger partial charge on any atom is 0.0641 e. The van der Waals surface area contributed by atoms with Gasteiger partial charge in [-0.15, -0.1) is 0 Å². The minimum absolute atomic E-state index is 0.00941. The van der Waals surface area contributed by atoms with Gasteiger partial charge in [0, 0.05) is 30.3 Å². The third-order valence-electron chi connectivity index (χ3n) is 4.79. The number of hydrogen-bond acceptors (Lipinski definition) is 4. The van der Waals surface area contributed by atoms with Crippen LogP contribution >= 0.6 is 0 Å². The van der Waals surface area contributed by atoms with Crippen molar-refractivity contribution in [3.63, 3.8) is 0 Å². The molecule has 1 saturated heterocycles. The standard InChI is InChI=1S/C18H31N3O2/c1-15(2)5-7-18(14-23)6-4-8-20(13-18)11-17-12-21(9-10-22)19-16(17)3/h5,12,22-23H,4,6-11,13-14H2,1-3H3/t18-/m1/s1. The van der Waals surface area contributed by atoms with E-state index in [-0.39, 0.29) is 18.6 Å². The Balaban J connectivity index is 2.04. The minimum atomic E-state index is -0.00941. The monoisotopic (exact) mass is 321 g/mol. The first-order chi connectivity index (χ1) is 11.0. The van der Waals surface area contributed by atoms with Crippen molar-refractivity contribution in [3.05, 3.63) is 29.1 Å². The number of aliphatic hydroxyl groups excluding tert-OH is 2. The Bertz CT molecular complexity index is 534. The van der Waals surface area contributed by atoms with E-state index < -0.39 is 0 Å². The average molecular weight is 321 g/mol. The van der Waals surface area contributed by atoms with Crippen LogP contribution in [0.4, 0.5) is 0 Å². The van der Waals surface area contributed by atoms with Crippen molar-refractivity contribution < 1.29 is 10.2 Å². The number of allylic oxidation sites excluding steroid dienone is 2. The molecule has 0 radical (unpaired) electrons. The van der Waals surface area contributed by atoms with Crippen LogP contribution in [-0.2, 0) is 13.1 Å². The molecule has 1 fully saturated rings. The molecule has 0 spiro atoms. The van der Waals surface area contributed by atoms with E-state index in [0.717, 1.165) is 44.6 Å². The van der Waals surface area contributed by atoms with Crippen LogP contribution in [0.3, 0.4) is 0 Å². The molecule has 1 aliphatic rings. The van der Waals surface area contributed by atoms with Gasteiger partial charge in [0.05, 0.1) is 25.5 Å². The van der Waals surface area contributed by atoms with Crippen molar-refractivity contribution >= 4 is 0 Å². The van der Waals surface area contributed by atoms with E-state index in [1.807, 2.05) is 17.8 Å². The molecular weight excluding hydrogens is 290 g/mol. The molecule has 1 atom stereocenters. The molecule has 1 aromatic rings. The first kappa shape index (κ1) is 18.2. The van der Waals surface area contributed by atoms with Crippen molar-refractivity contribution in [2.24, 2.45) is 5.41 Å². The summed E-state index contributed by atoms with van der Waals surface area (Å²) in [5.41, 5.74) is 3.55. The number of aryl methyl sites for hydroxylation is 1. The molecule has 130 valence electrons. The Kier molecular flexibility index (Phi) is 6.39. The third-order valence-corrected chi connectivity index (χ3v) is 4.79. The molecule has 0 aromatic carbocycles. The van der Waals surface area contributed by atoms with E-state index in [1.165, 1.54) is 11.1 Å². The highest BCUT2D eigenvalue weighted by molar-refractivity contribution is 5.15. The lowest BCUT2D eigenvalue weighted by molar-refractivity contribution is 0.0306. The summed E-state index contributed by atoms with van der Waals surface area (Å²) in [6.07, 6.45) is 7.46. The van der Waals surface area contributed by atoms with Crippen LogP contribution in [0.5, 0.6) is 0 Å². The lowest BCUT2D eigenvalue weighted by Crippen LogP contribution is -2.44. The molecule has 5 heteroatoms. The van der Waals surface area contributed by atoms with Gasteiger partial charge in [-0.05, 0) is 46.6 Å². The van der Waals surface area contributed by atoms with E-state index in [0.29, 0.717) is 6.54 Å². The zero-order chi connectivity index (χ0) is 16.9. The summed E-state index contributed by atoms with van der Waals surface area (Å²) >= 11 is 0. The van der Waals surface area contributed by atoms with Crippen LogP contribution in [0.15, 0.2) is 17.8 Å². The normalized spacial score (nSPS) is 22.3. The number of nitrogens with zero attached hydrogens (tertiary/aromatic N) is 3. The smallest absolute Gasteiger partial charge is 0.0641 e. The summed E-state index contributed by atoms with van der Waals surface area (Å²) in [6, 6.07) is 0. The minimum Gasteiger partial charge on any atom is -0.396 e. The SMILES string of the molecule is CC(C)=CC[C@]1(CO)CCCN(Cc2cn(CCO)nc2C)C1. The summed E-state index contributed by atoms with van der Waals surface area (Å²) in [4.78, 5) is 2.44. The van der Waals surface area contributed by atoms with E-state index in [4.69, 9.17) is 5.11 Å².